The number of ether oxygens (including phenoxy) is 1. The molecular weight excluding hydrogens is 402 g/mol. The van der Waals surface area contributed by atoms with Gasteiger partial charge in [-0.1, -0.05) is 29.8 Å². The average molecular weight is 432 g/mol. The highest BCUT2D eigenvalue weighted by Gasteiger charge is 2.29. The van der Waals surface area contributed by atoms with Gasteiger partial charge in [0.2, 0.25) is 0 Å². The Morgan fingerprint density at radius 1 is 1.00 bits per heavy atom. The lowest BCUT2D eigenvalue weighted by Crippen LogP contribution is -2.40. The first-order valence-corrected chi connectivity index (χ1v) is 10.3. The molecule has 7 heteroatoms. The largest absolute Gasteiger partial charge is 0.487 e. The van der Waals surface area contributed by atoms with E-state index in [0.29, 0.717) is 22.9 Å². The Kier molecular flexibility index (Phi) is 7.39. The van der Waals surface area contributed by atoms with E-state index >= 15 is 0 Å². The maximum Gasteiger partial charge on any atom is 0.137 e. The molecule has 0 saturated carbocycles. The number of likely N-dealkylation sites (N-methyl/N-ethyl adjacent to an activating group) is 2. The van der Waals surface area contributed by atoms with Crippen LogP contribution in [0.2, 0.25) is 5.02 Å². The highest BCUT2D eigenvalue weighted by atomic mass is 35.5. The second-order valence-corrected chi connectivity index (χ2v) is 8.26. The van der Waals surface area contributed by atoms with E-state index in [1.807, 2.05) is 74.1 Å². The Morgan fingerprint density at radius 3 is 2.33 bits per heavy atom. The summed E-state index contributed by atoms with van der Waals surface area (Å²) in [6, 6.07) is 15.0. The molecule has 2 N–H and O–H groups in total. The fourth-order valence-corrected chi connectivity index (χ4v) is 3.67. The molecule has 3 rings (SSSR count). The van der Waals surface area contributed by atoms with E-state index in [1.165, 1.54) is 0 Å². The number of aliphatic hydroxyl groups excluding tert-OH is 2. The number of aryl methyl sites for hydroxylation is 1. The van der Waals surface area contributed by atoms with Gasteiger partial charge in [-0.3, -0.25) is 4.90 Å². The molecule has 0 fully saturated rings. The molecule has 0 aliphatic carbocycles. The Bertz CT molecular complexity index is 972. The molecule has 0 aliphatic heterocycles. The molecule has 2 atom stereocenters. The van der Waals surface area contributed by atoms with E-state index in [2.05, 4.69) is 0 Å². The van der Waals surface area contributed by atoms with Gasteiger partial charge in [0.15, 0.2) is 0 Å². The zero-order chi connectivity index (χ0) is 21.8. The maximum atomic E-state index is 11.2. The van der Waals surface area contributed by atoms with E-state index in [1.54, 1.807) is 17.0 Å². The average Bonchev–Trinajstić information content (AvgIpc) is 3.02. The number of hydrogen-bond donors (Lipinski definition) is 2. The van der Waals surface area contributed by atoms with Crippen LogP contribution in [0.4, 0.5) is 0 Å². The molecule has 0 bridgehead atoms. The van der Waals surface area contributed by atoms with Crippen LogP contribution in [0.15, 0.2) is 48.5 Å². The van der Waals surface area contributed by atoms with Gasteiger partial charge in [-0.25, -0.2) is 0 Å². The van der Waals surface area contributed by atoms with Crippen molar-refractivity contribution in [1.82, 2.24) is 14.4 Å². The monoisotopic (exact) mass is 431 g/mol. The number of rotatable bonds is 9. The Labute approximate surface area is 182 Å². The second kappa shape index (κ2) is 9.81. The lowest BCUT2D eigenvalue weighted by atomic mass is 10.0. The summed E-state index contributed by atoms with van der Waals surface area (Å²) in [5.74, 6) is 0.689. The predicted octanol–water partition coefficient (Wildman–Crippen LogP) is 3.26. The highest BCUT2D eigenvalue weighted by molar-refractivity contribution is 6.30. The van der Waals surface area contributed by atoms with E-state index in [4.69, 9.17) is 16.3 Å². The van der Waals surface area contributed by atoms with Crippen molar-refractivity contribution >= 4 is 22.5 Å². The third kappa shape index (κ3) is 4.96. The number of benzene rings is 2. The van der Waals surface area contributed by atoms with Gasteiger partial charge in [-0.05, 0) is 51.5 Å². The Morgan fingerprint density at radius 2 is 1.67 bits per heavy atom. The van der Waals surface area contributed by atoms with Gasteiger partial charge in [0, 0.05) is 41.6 Å². The van der Waals surface area contributed by atoms with Crippen molar-refractivity contribution in [1.29, 1.82) is 0 Å². The van der Waals surface area contributed by atoms with E-state index in [0.717, 1.165) is 23.1 Å². The van der Waals surface area contributed by atoms with Gasteiger partial charge in [0.25, 0.3) is 0 Å². The second-order valence-electron chi connectivity index (χ2n) is 7.82. The summed E-state index contributed by atoms with van der Waals surface area (Å²) in [6.45, 7) is 1.67. The molecule has 0 aliphatic rings. The van der Waals surface area contributed by atoms with Crippen molar-refractivity contribution in [3.63, 3.8) is 0 Å². The minimum Gasteiger partial charge on any atom is -0.487 e. The first-order chi connectivity index (χ1) is 14.3. The van der Waals surface area contributed by atoms with Gasteiger partial charge < -0.3 is 24.4 Å². The molecule has 2 unspecified atom stereocenters. The number of aromatic nitrogens is 1. The topological polar surface area (TPSA) is 61.1 Å². The van der Waals surface area contributed by atoms with Gasteiger partial charge in [-0.15, -0.1) is 0 Å². The summed E-state index contributed by atoms with van der Waals surface area (Å²) >= 11 is 5.96. The molecular formula is C23H30ClN3O3. The van der Waals surface area contributed by atoms with Gasteiger partial charge in [-0.2, -0.15) is 0 Å². The first-order valence-electron chi connectivity index (χ1n) is 9.95. The third-order valence-electron chi connectivity index (χ3n) is 5.39. The van der Waals surface area contributed by atoms with Crippen LogP contribution in [0.25, 0.3) is 10.9 Å². The van der Waals surface area contributed by atoms with Crippen LogP contribution in [0.5, 0.6) is 5.75 Å². The number of halogens is 1. The van der Waals surface area contributed by atoms with Gasteiger partial charge in [0.1, 0.15) is 24.7 Å². The molecule has 6 nitrogen and oxygen atoms in total. The van der Waals surface area contributed by atoms with E-state index in [-0.39, 0.29) is 6.61 Å². The normalized spacial score (nSPS) is 13.9. The summed E-state index contributed by atoms with van der Waals surface area (Å²) in [5, 5.41) is 23.6. The standard InChI is InChI=1S/C23H30ClN3O3/c1-25(2)13-14-26(3)23(29)22(28)21-18-7-5-6-8-19(18)27(4)20(21)15-30-17-11-9-16(24)10-12-17/h5-12,22-23,28-29H,13-15H2,1-4H3. The van der Waals surface area contributed by atoms with Gasteiger partial charge >= 0.3 is 0 Å². The zero-order valence-electron chi connectivity index (χ0n) is 17.9. The predicted molar refractivity (Wildman–Crippen MR) is 121 cm³/mol. The van der Waals surface area contributed by atoms with Crippen LogP contribution in [-0.4, -0.2) is 65.0 Å². The van der Waals surface area contributed by atoms with Crippen LogP contribution in [0.3, 0.4) is 0 Å². The number of aliphatic hydroxyl groups is 2. The maximum absolute atomic E-state index is 11.2. The summed E-state index contributed by atoms with van der Waals surface area (Å²) in [5.41, 5.74) is 2.48. The highest BCUT2D eigenvalue weighted by Crippen LogP contribution is 2.33. The fourth-order valence-electron chi connectivity index (χ4n) is 3.54. The summed E-state index contributed by atoms with van der Waals surface area (Å²) in [7, 11) is 7.72. The van der Waals surface area contributed by atoms with Crippen LogP contribution in [0, 0.1) is 0 Å². The van der Waals surface area contributed by atoms with Crippen LogP contribution < -0.4 is 4.74 Å². The molecule has 0 radical (unpaired) electrons. The van der Waals surface area contributed by atoms with Gasteiger partial charge in [0.05, 0.1) is 5.69 Å². The van der Waals surface area contributed by atoms with Crippen LogP contribution >= 0.6 is 11.6 Å². The molecule has 1 aromatic heterocycles. The van der Waals surface area contributed by atoms with Crippen molar-refractivity contribution < 1.29 is 14.9 Å². The minimum atomic E-state index is -1.08. The first kappa shape index (κ1) is 22.6. The van der Waals surface area contributed by atoms with E-state index < -0.39 is 12.3 Å². The number of hydrogen-bond acceptors (Lipinski definition) is 5. The van der Waals surface area contributed by atoms with Crippen LogP contribution in [0.1, 0.15) is 17.4 Å². The minimum absolute atomic E-state index is 0.257. The molecule has 1 heterocycles. The molecule has 30 heavy (non-hydrogen) atoms. The smallest absolute Gasteiger partial charge is 0.137 e. The quantitative estimate of drug-likeness (QED) is 0.509. The molecule has 2 aromatic carbocycles. The van der Waals surface area contributed by atoms with Crippen molar-refractivity contribution in [2.24, 2.45) is 7.05 Å². The third-order valence-corrected chi connectivity index (χ3v) is 5.64. The SMILES string of the molecule is CN(C)CCN(C)C(O)C(O)c1c(COc2ccc(Cl)cc2)n(C)c2ccccc12. The van der Waals surface area contributed by atoms with Crippen LogP contribution in [-0.2, 0) is 13.7 Å². The fraction of sp³-hybridized carbons (Fsp3) is 0.391. The van der Waals surface area contributed by atoms with Crippen molar-refractivity contribution in [3.05, 3.63) is 64.8 Å². The van der Waals surface area contributed by atoms with Crippen molar-refractivity contribution in [3.8, 4) is 5.75 Å². The van der Waals surface area contributed by atoms with Crippen molar-refractivity contribution in [2.45, 2.75) is 18.9 Å². The Balaban J connectivity index is 1.91. The molecule has 0 amide bonds. The van der Waals surface area contributed by atoms with Crippen molar-refractivity contribution in [2.75, 3.05) is 34.2 Å². The van der Waals surface area contributed by atoms with E-state index in [9.17, 15) is 10.2 Å². The number of nitrogens with zero attached hydrogens (tertiary/aromatic N) is 3. The number of para-hydroxylation sites is 1. The molecule has 162 valence electrons. The summed E-state index contributed by atoms with van der Waals surface area (Å²) < 4.78 is 7.99. The Hall–Kier alpha value is -2.09. The molecule has 3 aromatic rings. The lowest BCUT2D eigenvalue weighted by molar-refractivity contribution is -0.0751. The molecule has 0 saturated heterocycles. The number of fused-ring (bicyclic) bond motifs is 1. The summed E-state index contributed by atoms with van der Waals surface area (Å²) in [4.78, 5) is 3.80. The lowest BCUT2D eigenvalue weighted by Gasteiger charge is -2.29. The zero-order valence-corrected chi connectivity index (χ0v) is 18.7. The summed E-state index contributed by atoms with van der Waals surface area (Å²) in [6.07, 6.45) is -2.11. The molecule has 0 spiro atoms.